The topological polar surface area (TPSA) is 175 Å². The van der Waals surface area contributed by atoms with Crippen LogP contribution in [0.15, 0.2) is 72.9 Å². The maximum Gasteiger partial charge on any atom is 0.335 e. The summed E-state index contributed by atoms with van der Waals surface area (Å²) in [6, 6.07) is 0. The van der Waals surface area contributed by atoms with E-state index in [2.05, 4.69) is 93.7 Å². The summed E-state index contributed by atoms with van der Waals surface area (Å²) >= 11 is 0. The third kappa shape index (κ3) is 49.8. The molecule has 0 aromatic rings. The lowest BCUT2D eigenvalue weighted by Crippen LogP contribution is -2.61. The van der Waals surface area contributed by atoms with Crippen molar-refractivity contribution < 1.29 is 58.2 Å². The summed E-state index contributed by atoms with van der Waals surface area (Å²) in [7, 11) is 0. The SMILES string of the molecule is CC/C=C\C/C=C\C/C=C\CCCCCCCCCC(=O)OC(COC(=O)CCCCCCCCCCCCCCCCCCCCC)COC1OC(C(=O)O)C(O)C(O)C1OC(=O)CCCCCCCC/C=C\C/C=C\C/C=C\CCCCC. The molecule has 1 fully saturated rings. The summed E-state index contributed by atoms with van der Waals surface area (Å²) in [5.41, 5.74) is 0. The van der Waals surface area contributed by atoms with Crippen LogP contribution in [0.3, 0.4) is 0 Å². The Bertz CT molecular complexity index is 1750. The molecule has 6 unspecified atom stereocenters. The monoisotopic (exact) mass is 1190 g/mol. The smallest absolute Gasteiger partial charge is 0.335 e. The Labute approximate surface area is 518 Å². The van der Waals surface area contributed by atoms with Crippen LogP contribution >= 0.6 is 0 Å². The highest BCUT2D eigenvalue weighted by atomic mass is 16.7. The highest BCUT2D eigenvalue weighted by Gasteiger charge is 2.50. The normalized spacial score (nSPS) is 17.9. The fourth-order valence-corrected chi connectivity index (χ4v) is 10.5. The number of aliphatic hydroxyl groups excluding tert-OH is 2. The van der Waals surface area contributed by atoms with Crippen LogP contribution in [-0.4, -0.2) is 89.2 Å². The van der Waals surface area contributed by atoms with Gasteiger partial charge in [-0.1, -0.05) is 280 Å². The minimum Gasteiger partial charge on any atom is -0.479 e. The van der Waals surface area contributed by atoms with Crippen molar-refractivity contribution in [1.82, 2.24) is 0 Å². The van der Waals surface area contributed by atoms with Crippen LogP contribution in [0.25, 0.3) is 0 Å². The third-order valence-corrected chi connectivity index (χ3v) is 15.8. The second kappa shape index (κ2) is 60.4. The number of allylic oxidation sites excluding steroid dienone is 12. The van der Waals surface area contributed by atoms with Crippen LogP contribution in [0.2, 0.25) is 0 Å². The van der Waals surface area contributed by atoms with E-state index in [-0.39, 0.29) is 25.9 Å². The van der Waals surface area contributed by atoms with Gasteiger partial charge in [-0.15, -0.1) is 0 Å². The molecular formula is C73H126O12. The first-order valence-electron chi connectivity index (χ1n) is 34.9. The summed E-state index contributed by atoms with van der Waals surface area (Å²) in [5, 5.41) is 31.7. The summed E-state index contributed by atoms with van der Waals surface area (Å²) in [4.78, 5) is 51.5. The fourth-order valence-electron chi connectivity index (χ4n) is 10.5. The Morgan fingerprint density at radius 3 is 1.15 bits per heavy atom. The lowest BCUT2D eigenvalue weighted by molar-refractivity contribution is -0.301. The van der Waals surface area contributed by atoms with Crippen molar-refractivity contribution >= 4 is 23.9 Å². The van der Waals surface area contributed by atoms with Crippen molar-refractivity contribution in [2.75, 3.05) is 13.2 Å². The van der Waals surface area contributed by atoms with Gasteiger partial charge in [0.1, 0.15) is 18.8 Å². The van der Waals surface area contributed by atoms with Gasteiger partial charge in [0, 0.05) is 19.3 Å². The molecule has 0 spiro atoms. The van der Waals surface area contributed by atoms with E-state index in [1.54, 1.807) is 0 Å². The first-order chi connectivity index (χ1) is 41.6. The van der Waals surface area contributed by atoms with E-state index in [1.165, 1.54) is 122 Å². The molecule has 0 aromatic carbocycles. The number of hydrogen-bond acceptors (Lipinski definition) is 11. The Morgan fingerprint density at radius 1 is 0.400 bits per heavy atom. The molecule has 85 heavy (non-hydrogen) atoms. The van der Waals surface area contributed by atoms with Gasteiger partial charge in [0.25, 0.3) is 0 Å². The molecule has 0 amide bonds. The molecule has 1 saturated heterocycles. The maximum absolute atomic E-state index is 13.2. The number of rotatable bonds is 60. The molecule has 0 bridgehead atoms. The first kappa shape index (κ1) is 79.2. The highest BCUT2D eigenvalue weighted by molar-refractivity contribution is 5.74. The number of hydrogen-bond donors (Lipinski definition) is 3. The van der Waals surface area contributed by atoms with E-state index < -0.39 is 67.3 Å². The average Bonchev–Trinajstić information content (AvgIpc) is 3.53. The quantitative estimate of drug-likeness (QED) is 0.0228. The van der Waals surface area contributed by atoms with Crippen molar-refractivity contribution in [3.63, 3.8) is 0 Å². The molecule has 490 valence electrons. The van der Waals surface area contributed by atoms with E-state index >= 15 is 0 Å². The average molecular weight is 1200 g/mol. The number of carbonyl (C=O) groups excluding carboxylic acids is 3. The predicted molar refractivity (Wildman–Crippen MR) is 349 cm³/mol. The molecule has 1 aliphatic heterocycles. The first-order valence-corrected chi connectivity index (χ1v) is 34.9. The molecular weight excluding hydrogens is 1070 g/mol. The third-order valence-electron chi connectivity index (χ3n) is 15.8. The molecule has 0 aliphatic carbocycles. The van der Waals surface area contributed by atoms with Crippen molar-refractivity contribution in [3.8, 4) is 0 Å². The second-order valence-electron chi connectivity index (χ2n) is 23.8. The van der Waals surface area contributed by atoms with Crippen molar-refractivity contribution in [2.24, 2.45) is 0 Å². The van der Waals surface area contributed by atoms with E-state index in [0.717, 1.165) is 135 Å². The van der Waals surface area contributed by atoms with E-state index in [0.29, 0.717) is 19.3 Å². The molecule has 12 nitrogen and oxygen atoms in total. The van der Waals surface area contributed by atoms with E-state index in [1.807, 2.05) is 0 Å². The van der Waals surface area contributed by atoms with Gasteiger partial charge in [-0.25, -0.2) is 4.79 Å². The molecule has 12 heteroatoms. The van der Waals surface area contributed by atoms with Gasteiger partial charge in [-0.2, -0.15) is 0 Å². The van der Waals surface area contributed by atoms with Crippen LogP contribution in [0.1, 0.15) is 316 Å². The van der Waals surface area contributed by atoms with Gasteiger partial charge < -0.3 is 39.0 Å². The minimum absolute atomic E-state index is 0.0444. The number of aliphatic hydroxyl groups is 2. The standard InChI is InChI=1S/C73H126O12/c1-4-7-10-13-16-19-22-25-28-31-33-36-38-41-44-47-50-53-56-59-65(74)81-62-64(83-66(75)60-57-54-51-48-45-42-39-35-30-27-24-21-18-15-12-9-6-3)63-82-73-71(69(78)68(77)70(85-73)72(79)80)84-67(76)61-58-55-52-49-46-43-40-37-34-32-29-26-23-20-17-14-11-8-5-2/h9,12,17-18,20-21,26-27,29-30,34,37,64,68-71,73,77-78H,4-8,10-11,13-16,19,22-25,28,31-33,35-36,38-63H2,1-3H3,(H,79,80)/b12-9-,20-17-,21-18-,29-26-,30-27-,37-34-. The Balaban J connectivity index is 2.64. The largest absolute Gasteiger partial charge is 0.479 e. The van der Waals surface area contributed by atoms with Crippen molar-refractivity contribution in [1.29, 1.82) is 0 Å². The number of carbonyl (C=O) groups is 4. The Hall–Kier alpha value is -3.84. The molecule has 1 aliphatic rings. The molecule has 1 rings (SSSR count). The summed E-state index contributed by atoms with van der Waals surface area (Å²) in [6.45, 7) is 5.90. The number of carboxylic acid groups (broad SMARTS) is 1. The molecule has 3 N–H and O–H groups in total. The van der Waals surface area contributed by atoms with Crippen molar-refractivity contribution in [2.45, 2.75) is 353 Å². The van der Waals surface area contributed by atoms with Gasteiger partial charge in [-0.05, 0) is 89.9 Å². The number of ether oxygens (including phenoxy) is 5. The summed E-state index contributed by atoms with van der Waals surface area (Å²) in [6.07, 6.45) is 65.6. The zero-order valence-electron chi connectivity index (χ0n) is 54.3. The molecule has 0 aromatic heterocycles. The lowest BCUT2D eigenvalue weighted by atomic mass is 9.98. The second-order valence-corrected chi connectivity index (χ2v) is 23.8. The molecule has 1 heterocycles. The van der Waals surface area contributed by atoms with Crippen LogP contribution in [0.5, 0.6) is 0 Å². The Morgan fingerprint density at radius 2 is 0.741 bits per heavy atom. The fraction of sp³-hybridized carbons (Fsp3) is 0.781. The summed E-state index contributed by atoms with van der Waals surface area (Å²) in [5.74, 6) is -3.13. The van der Waals surface area contributed by atoms with Gasteiger partial charge >= 0.3 is 23.9 Å². The highest BCUT2D eigenvalue weighted by Crippen LogP contribution is 2.27. The Kier molecular flexibility index (Phi) is 56.3. The van der Waals surface area contributed by atoms with E-state index in [9.17, 15) is 34.5 Å². The maximum atomic E-state index is 13.2. The van der Waals surface area contributed by atoms with E-state index in [4.69, 9.17) is 23.7 Å². The minimum atomic E-state index is -1.91. The van der Waals surface area contributed by atoms with Crippen LogP contribution in [0.4, 0.5) is 0 Å². The number of aliphatic carboxylic acids is 1. The zero-order valence-corrected chi connectivity index (χ0v) is 54.3. The van der Waals surface area contributed by atoms with Gasteiger partial charge in [0.05, 0.1) is 6.61 Å². The number of esters is 3. The van der Waals surface area contributed by atoms with Crippen LogP contribution in [-0.2, 0) is 42.9 Å². The van der Waals surface area contributed by atoms with Crippen LogP contribution < -0.4 is 0 Å². The molecule has 0 saturated carbocycles. The molecule has 0 radical (unpaired) electrons. The van der Waals surface area contributed by atoms with Gasteiger partial charge in [0.2, 0.25) is 0 Å². The van der Waals surface area contributed by atoms with Gasteiger partial charge in [0.15, 0.2) is 24.6 Å². The number of carboxylic acids is 1. The lowest BCUT2D eigenvalue weighted by Gasteiger charge is -2.40. The number of unbranched alkanes of at least 4 members (excludes halogenated alkanes) is 34. The van der Waals surface area contributed by atoms with Crippen LogP contribution in [0, 0.1) is 0 Å². The zero-order chi connectivity index (χ0) is 61.7. The predicted octanol–water partition coefficient (Wildman–Crippen LogP) is 19.2. The molecule has 6 atom stereocenters. The van der Waals surface area contributed by atoms with Gasteiger partial charge in [-0.3, -0.25) is 14.4 Å². The summed E-state index contributed by atoms with van der Waals surface area (Å²) < 4.78 is 28.6. The van der Waals surface area contributed by atoms with Crippen molar-refractivity contribution in [3.05, 3.63) is 72.9 Å².